The molecule has 1 rings (SSSR count). The topological polar surface area (TPSA) is 86.8 Å². The summed E-state index contributed by atoms with van der Waals surface area (Å²) in [5, 5.41) is 18.5. The molecule has 0 bridgehead atoms. The van der Waals surface area contributed by atoms with Gasteiger partial charge in [0.25, 0.3) is 0 Å². The second-order valence-corrected chi connectivity index (χ2v) is 4.29. The first-order valence-corrected chi connectivity index (χ1v) is 5.32. The van der Waals surface area contributed by atoms with Gasteiger partial charge in [-0.25, -0.2) is 0 Å². The van der Waals surface area contributed by atoms with Crippen molar-refractivity contribution in [2.75, 3.05) is 14.1 Å². The SMILES string of the molecule is CN(C)Cc1cccc(C(O)C(N)C(=O)O)c1. The Kier molecular flexibility index (Phi) is 4.62. The van der Waals surface area contributed by atoms with Crippen molar-refractivity contribution in [2.45, 2.75) is 18.7 Å². The number of rotatable bonds is 5. The molecule has 0 heterocycles. The molecule has 1 aromatic rings. The maximum absolute atomic E-state index is 10.7. The Labute approximate surface area is 100 Å². The highest BCUT2D eigenvalue weighted by Crippen LogP contribution is 2.17. The van der Waals surface area contributed by atoms with Crippen molar-refractivity contribution in [1.29, 1.82) is 0 Å². The van der Waals surface area contributed by atoms with Crippen LogP contribution in [0.25, 0.3) is 0 Å². The van der Waals surface area contributed by atoms with E-state index in [9.17, 15) is 9.90 Å². The highest BCUT2D eigenvalue weighted by molar-refractivity contribution is 5.74. The van der Waals surface area contributed by atoms with Gasteiger partial charge in [-0.1, -0.05) is 24.3 Å². The van der Waals surface area contributed by atoms with Crippen molar-refractivity contribution < 1.29 is 15.0 Å². The predicted molar refractivity (Wildman–Crippen MR) is 64.4 cm³/mol. The Hall–Kier alpha value is -1.43. The number of hydrogen-bond acceptors (Lipinski definition) is 4. The van der Waals surface area contributed by atoms with Gasteiger partial charge >= 0.3 is 5.97 Å². The van der Waals surface area contributed by atoms with Gasteiger partial charge in [0.05, 0.1) is 0 Å². The zero-order valence-corrected chi connectivity index (χ0v) is 10.00. The van der Waals surface area contributed by atoms with E-state index in [0.717, 1.165) is 12.1 Å². The van der Waals surface area contributed by atoms with Crippen LogP contribution in [0.4, 0.5) is 0 Å². The molecule has 2 unspecified atom stereocenters. The van der Waals surface area contributed by atoms with Crippen LogP contribution in [-0.2, 0) is 11.3 Å². The summed E-state index contributed by atoms with van der Waals surface area (Å²) in [7, 11) is 3.87. The van der Waals surface area contributed by atoms with Crippen molar-refractivity contribution in [3.05, 3.63) is 35.4 Å². The standard InChI is InChI=1S/C12H18N2O3/c1-14(2)7-8-4-3-5-9(6-8)11(15)10(13)12(16)17/h3-6,10-11,15H,7,13H2,1-2H3,(H,16,17). The molecule has 5 heteroatoms. The Balaban J connectivity index is 2.87. The van der Waals surface area contributed by atoms with E-state index in [0.29, 0.717) is 5.56 Å². The van der Waals surface area contributed by atoms with Gasteiger partial charge in [0.1, 0.15) is 12.1 Å². The Morgan fingerprint density at radius 1 is 1.47 bits per heavy atom. The average molecular weight is 238 g/mol. The first-order chi connectivity index (χ1) is 7.91. The Bertz CT molecular complexity index is 393. The summed E-state index contributed by atoms with van der Waals surface area (Å²) in [5.41, 5.74) is 6.91. The highest BCUT2D eigenvalue weighted by atomic mass is 16.4. The fraction of sp³-hybridized carbons (Fsp3) is 0.417. The quantitative estimate of drug-likeness (QED) is 0.682. The third kappa shape index (κ3) is 3.81. The third-order valence-electron chi connectivity index (χ3n) is 2.42. The number of hydrogen-bond donors (Lipinski definition) is 3. The van der Waals surface area contributed by atoms with Gasteiger partial charge in [0.15, 0.2) is 0 Å². The number of nitrogens with zero attached hydrogens (tertiary/aromatic N) is 1. The van der Waals surface area contributed by atoms with E-state index in [2.05, 4.69) is 0 Å². The van der Waals surface area contributed by atoms with Crippen LogP contribution in [0.1, 0.15) is 17.2 Å². The summed E-state index contributed by atoms with van der Waals surface area (Å²) in [4.78, 5) is 12.7. The molecule has 17 heavy (non-hydrogen) atoms. The molecule has 94 valence electrons. The van der Waals surface area contributed by atoms with Crippen LogP contribution in [0.3, 0.4) is 0 Å². The van der Waals surface area contributed by atoms with Gasteiger partial charge in [0, 0.05) is 6.54 Å². The molecule has 0 aliphatic heterocycles. The minimum atomic E-state index is -1.30. The Morgan fingerprint density at radius 3 is 2.65 bits per heavy atom. The second kappa shape index (κ2) is 5.77. The van der Waals surface area contributed by atoms with Crippen LogP contribution in [0.15, 0.2) is 24.3 Å². The molecule has 0 radical (unpaired) electrons. The van der Waals surface area contributed by atoms with Crippen LogP contribution >= 0.6 is 0 Å². The number of carboxylic acid groups (broad SMARTS) is 1. The molecule has 0 saturated carbocycles. The summed E-state index contributed by atoms with van der Waals surface area (Å²) < 4.78 is 0. The fourth-order valence-corrected chi connectivity index (χ4v) is 1.58. The average Bonchev–Trinajstić information content (AvgIpc) is 2.26. The summed E-state index contributed by atoms with van der Waals surface area (Å²) in [6, 6.07) is 5.85. The molecule has 0 aromatic heterocycles. The molecule has 0 aliphatic rings. The summed E-state index contributed by atoms with van der Waals surface area (Å²) >= 11 is 0. The van der Waals surface area contributed by atoms with Crippen LogP contribution in [0.2, 0.25) is 0 Å². The maximum Gasteiger partial charge on any atom is 0.323 e. The van der Waals surface area contributed by atoms with Gasteiger partial charge in [-0.05, 0) is 25.2 Å². The van der Waals surface area contributed by atoms with E-state index in [4.69, 9.17) is 10.8 Å². The van der Waals surface area contributed by atoms with Crippen molar-refractivity contribution >= 4 is 5.97 Å². The van der Waals surface area contributed by atoms with Crippen LogP contribution in [0.5, 0.6) is 0 Å². The molecule has 0 aliphatic carbocycles. The molecule has 1 aromatic carbocycles. The molecule has 5 nitrogen and oxygen atoms in total. The van der Waals surface area contributed by atoms with Crippen molar-refractivity contribution in [1.82, 2.24) is 4.90 Å². The lowest BCUT2D eigenvalue weighted by Crippen LogP contribution is -2.36. The van der Waals surface area contributed by atoms with E-state index in [1.54, 1.807) is 18.2 Å². The largest absolute Gasteiger partial charge is 0.480 e. The lowest BCUT2D eigenvalue weighted by atomic mass is 10.0. The van der Waals surface area contributed by atoms with Crippen LogP contribution in [0, 0.1) is 0 Å². The number of carbonyl (C=O) groups is 1. The van der Waals surface area contributed by atoms with Gasteiger partial charge in [-0.3, -0.25) is 4.79 Å². The lowest BCUT2D eigenvalue weighted by Gasteiger charge is -2.17. The van der Waals surface area contributed by atoms with Gasteiger partial charge < -0.3 is 20.8 Å². The first-order valence-electron chi connectivity index (χ1n) is 5.32. The lowest BCUT2D eigenvalue weighted by molar-refractivity contribution is -0.141. The van der Waals surface area contributed by atoms with E-state index < -0.39 is 18.1 Å². The zero-order valence-electron chi connectivity index (χ0n) is 10.00. The van der Waals surface area contributed by atoms with Gasteiger partial charge in [-0.2, -0.15) is 0 Å². The van der Waals surface area contributed by atoms with E-state index >= 15 is 0 Å². The molecule has 2 atom stereocenters. The van der Waals surface area contributed by atoms with Crippen molar-refractivity contribution in [2.24, 2.45) is 5.73 Å². The van der Waals surface area contributed by atoms with Crippen molar-refractivity contribution in [3.8, 4) is 0 Å². The number of aliphatic carboxylic acids is 1. The molecule has 0 fully saturated rings. The smallest absolute Gasteiger partial charge is 0.323 e. The Morgan fingerprint density at radius 2 is 2.12 bits per heavy atom. The molecule has 4 N–H and O–H groups in total. The van der Waals surface area contributed by atoms with Crippen LogP contribution in [-0.4, -0.2) is 41.2 Å². The van der Waals surface area contributed by atoms with E-state index in [-0.39, 0.29) is 0 Å². The predicted octanol–water partition coefficient (Wildman–Crippen LogP) is 0.194. The molecule has 0 amide bonds. The normalized spacial score (nSPS) is 14.6. The monoisotopic (exact) mass is 238 g/mol. The number of nitrogens with two attached hydrogens (primary N) is 1. The minimum Gasteiger partial charge on any atom is -0.480 e. The highest BCUT2D eigenvalue weighted by Gasteiger charge is 2.23. The number of aliphatic hydroxyl groups excluding tert-OH is 1. The summed E-state index contributed by atoms with van der Waals surface area (Å²) in [6.07, 6.45) is -1.19. The molecule has 0 spiro atoms. The van der Waals surface area contributed by atoms with Gasteiger partial charge in [-0.15, -0.1) is 0 Å². The second-order valence-electron chi connectivity index (χ2n) is 4.29. The van der Waals surface area contributed by atoms with Gasteiger partial charge in [0.2, 0.25) is 0 Å². The molecular weight excluding hydrogens is 220 g/mol. The van der Waals surface area contributed by atoms with Crippen LogP contribution < -0.4 is 5.73 Å². The number of benzene rings is 1. The third-order valence-corrected chi connectivity index (χ3v) is 2.42. The minimum absolute atomic E-state index is 0.527. The fourth-order valence-electron chi connectivity index (χ4n) is 1.58. The summed E-state index contributed by atoms with van der Waals surface area (Å²) in [5.74, 6) is -1.21. The summed E-state index contributed by atoms with van der Waals surface area (Å²) in [6.45, 7) is 0.725. The molecular formula is C12H18N2O3. The molecule has 0 saturated heterocycles. The van der Waals surface area contributed by atoms with E-state index in [1.807, 2.05) is 25.1 Å². The number of carboxylic acids is 1. The maximum atomic E-state index is 10.7. The number of aliphatic hydroxyl groups is 1. The zero-order chi connectivity index (χ0) is 13.0. The first kappa shape index (κ1) is 13.6. The van der Waals surface area contributed by atoms with E-state index in [1.165, 1.54) is 0 Å². The van der Waals surface area contributed by atoms with Crippen molar-refractivity contribution in [3.63, 3.8) is 0 Å².